The molecule has 2 fully saturated rings. The van der Waals surface area contributed by atoms with Crippen molar-refractivity contribution in [2.45, 2.75) is 24.5 Å². The highest BCUT2D eigenvalue weighted by Crippen LogP contribution is 2.31. The van der Waals surface area contributed by atoms with Crippen LogP contribution < -0.4 is 10.2 Å². The van der Waals surface area contributed by atoms with Gasteiger partial charge in [0.1, 0.15) is 0 Å². The summed E-state index contributed by atoms with van der Waals surface area (Å²) in [6, 6.07) is 1.84. The minimum atomic E-state index is -0.0914. The number of nitrogens with one attached hydrogen (secondary N) is 1. The van der Waals surface area contributed by atoms with E-state index in [1.807, 2.05) is 6.07 Å². The van der Waals surface area contributed by atoms with Gasteiger partial charge in [0.25, 0.3) is 0 Å². The molecule has 1 spiro atoms. The molecule has 6 nitrogen and oxygen atoms in total. The number of ether oxygens (including phenoxy) is 2. The van der Waals surface area contributed by atoms with E-state index < -0.39 is 0 Å². The second-order valence-corrected chi connectivity index (χ2v) is 5.56. The summed E-state index contributed by atoms with van der Waals surface area (Å²) in [7, 11) is 1.72. The first kappa shape index (κ1) is 13.7. The van der Waals surface area contributed by atoms with Crippen molar-refractivity contribution < 1.29 is 9.47 Å². The lowest BCUT2D eigenvalue weighted by atomic mass is 9.89. The van der Waals surface area contributed by atoms with Crippen molar-refractivity contribution >= 4 is 5.95 Å². The van der Waals surface area contributed by atoms with Gasteiger partial charge in [0.05, 0.1) is 24.9 Å². The molecule has 1 N–H and O–H groups in total. The molecule has 0 unspecified atom stereocenters. The number of methoxy groups -OCH3 is 1. The molecule has 2 aliphatic rings. The molecule has 6 heteroatoms. The Kier molecular flexibility index (Phi) is 4.14. The third-order valence-electron chi connectivity index (χ3n) is 4.02. The lowest BCUT2D eigenvalue weighted by Gasteiger charge is -2.48. The maximum atomic E-state index is 6.34. The van der Waals surface area contributed by atoms with Gasteiger partial charge in [-0.25, -0.2) is 9.97 Å². The first-order chi connectivity index (χ1) is 9.81. The van der Waals surface area contributed by atoms with Gasteiger partial charge in [-0.1, -0.05) is 0 Å². The highest BCUT2D eigenvalue weighted by Gasteiger charge is 2.42. The SMILES string of the molecule is COC[C@@H]1CN(c2ncccn2)CC2(CCNCC2)O1. The van der Waals surface area contributed by atoms with Crippen molar-refractivity contribution in [1.29, 1.82) is 0 Å². The van der Waals surface area contributed by atoms with Gasteiger partial charge in [-0.05, 0) is 32.0 Å². The molecule has 1 atom stereocenters. The molecular weight excluding hydrogens is 256 g/mol. The molecule has 0 bridgehead atoms. The van der Waals surface area contributed by atoms with Crippen molar-refractivity contribution in [2.75, 3.05) is 44.8 Å². The number of rotatable bonds is 3. The molecule has 0 radical (unpaired) electrons. The Morgan fingerprint density at radius 1 is 1.40 bits per heavy atom. The first-order valence-corrected chi connectivity index (χ1v) is 7.21. The molecule has 0 saturated carbocycles. The van der Waals surface area contributed by atoms with Gasteiger partial charge >= 0.3 is 0 Å². The second-order valence-electron chi connectivity index (χ2n) is 5.56. The summed E-state index contributed by atoms with van der Waals surface area (Å²) < 4.78 is 11.6. The maximum absolute atomic E-state index is 6.34. The van der Waals surface area contributed by atoms with E-state index in [2.05, 4.69) is 20.2 Å². The molecular formula is C14H22N4O2. The fourth-order valence-electron chi connectivity index (χ4n) is 3.12. The first-order valence-electron chi connectivity index (χ1n) is 7.21. The summed E-state index contributed by atoms with van der Waals surface area (Å²) in [6.45, 7) is 4.26. The van der Waals surface area contributed by atoms with Gasteiger partial charge in [-0.2, -0.15) is 0 Å². The van der Waals surface area contributed by atoms with E-state index in [9.17, 15) is 0 Å². The standard InChI is InChI=1S/C14H22N4O2/c1-19-10-12-9-18(13-16-5-2-6-17-13)11-14(20-12)3-7-15-8-4-14/h2,5-6,12,15H,3-4,7-11H2,1H3/t12-/m0/s1. The minimum Gasteiger partial charge on any atom is -0.382 e. The molecule has 20 heavy (non-hydrogen) atoms. The minimum absolute atomic E-state index is 0.0793. The van der Waals surface area contributed by atoms with Gasteiger partial charge in [-0.15, -0.1) is 0 Å². The van der Waals surface area contributed by atoms with E-state index >= 15 is 0 Å². The van der Waals surface area contributed by atoms with Crippen molar-refractivity contribution in [3.63, 3.8) is 0 Å². The number of hydrogen-bond acceptors (Lipinski definition) is 6. The van der Waals surface area contributed by atoms with Crippen LogP contribution in [0.1, 0.15) is 12.8 Å². The van der Waals surface area contributed by atoms with Crippen molar-refractivity contribution in [3.05, 3.63) is 18.5 Å². The molecule has 3 heterocycles. The van der Waals surface area contributed by atoms with Crippen LogP contribution in [0.4, 0.5) is 5.95 Å². The van der Waals surface area contributed by atoms with E-state index in [-0.39, 0.29) is 11.7 Å². The lowest BCUT2D eigenvalue weighted by molar-refractivity contribution is -0.137. The molecule has 2 saturated heterocycles. The maximum Gasteiger partial charge on any atom is 0.225 e. The third kappa shape index (κ3) is 2.92. The van der Waals surface area contributed by atoms with Crippen LogP contribution in [0.2, 0.25) is 0 Å². The van der Waals surface area contributed by atoms with Crippen LogP contribution in [-0.4, -0.2) is 61.6 Å². The molecule has 0 amide bonds. The quantitative estimate of drug-likeness (QED) is 0.866. The fourth-order valence-corrected chi connectivity index (χ4v) is 3.12. The summed E-state index contributed by atoms with van der Waals surface area (Å²) in [5.74, 6) is 0.787. The predicted molar refractivity (Wildman–Crippen MR) is 75.8 cm³/mol. The topological polar surface area (TPSA) is 59.5 Å². The highest BCUT2D eigenvalue weighted by molar-refractivity contribution is 5.31. The number of aromatic nitrogens is 2. The number of nitrogens with zero attached hydrogens (tertiary/aromatic N) is 3. The summed E-state index contributed by atoms with van der Waals surface area (Å²) in [5, 5.41) is 3.40. The molecule has 2 aliphatic heterocycles. The Balaban J connectivity index is 1.79. The third-order valence-corrected chi connectivity index (χ3v) is 4.02. The zero-order valence-electron chi connectivity index (χ0n) is 11.9. The lowest BCUT2D eigenvalue weighted by Crippen LogP contribution is -2.60. The van der Waals surface area contributed by atoms with Gasteiger partial charge in [0.15, 0.2) is 0 Å². The van der Waals surface area contributed by atoms with Crippen LogP contribution in [-0.2, 0) is 9.47 Å². The average Bonchev–Trinajstić information content (AvgIpc) is 2.49. The fraction of sp³-hybridized carbons (Fsp3) is 0.714. The molecule has 1 aromatic rings. The van der Waals surface area contributed by atoms with Gasteiger partial charge < -0.3 is 19.7 Å². The predicted octanol–water partition coefficient (Wildman–Crippen LogP) is 0.450. The van der Waals surface area contributed by atoms with Crippen molar-refractivity contribution in [3.8, 4) is 0 Å². The molecule has 0 aromatic carbocycles. The summed E-state index contributed by atoms with van der Waals surface area (Å²) in [4.78, 5) is 11.0. The van der Waals surface area contributed by atoms with Crippen LogP contribution in [0.5, 0.6) is 0 Å². The van der Waals surface area contributed by atoms with E-state index in [0.717, 1.165) is 45.0 Å². The van der Waals surface area contributed by atoms with Crippen molar-refractivity contribution in [2.24, 2.45) is 0 Å². The zero-order chi connectivity index (χ0) is 13.8. The Morgan fingerprint density at radius 2 is 2.15 bits per heavy atom. The van der Waals surface area contributed by atoms with Gasteiger partial charge in [0.2, 0.25) is 5.95 Å². The Bertz CT molecular complexity index is 422. The van der Waals surface area contributed by atoms with Crippen LogP contribution in [0.3, 0.4) is 0 Å². The number of piperidine rings is 1. The van der Waals surface area contributed by atoms with Crippen LogP contribution >= 0.6 is 0 Å². The van der Waals surface area contributed by atoms with Crippen LogP contribution in [0, 0.1) is 0 Å². The van der Waals surface area contributed by atoms with Gasteiger partial charge in [0, 0.05) is 26.0 Å². The smallest absolute Gasteiger partial charge is 0.225 e. The Morgan fingerprint density at radius 3 is 2.85 bits per heavy atom. The summed E-state index contributed by atoms with van der Waals surface area (Å²) in [5.41, 5.74) is -0.0914. The number of hydrogen-bond donors (Lipinski definition) is 1. The van der Waals surface area contributed by atoms with E-state index in [4.69, 9.17) is 9.47 Å². The van der Waals surface area contributed by atoms with E-state index in [1.165, 1.54) is 0 Å². The van der Waals surface area contributed by atoms with E-state index in [1.54, 1.807) is 19.5 Å². The zero-order valence-corrected chi connectivity index (χ0v) is 11.9. The normalized spacial score (nSPS) is 25.9. The largest absolute Gasteiger partial charge is 0.382 e. The monoisotopic (exact) mass is 278 g/mol. The Hall–Kier alpha value is -1.24. The van der Waals surface area contributed by atoms with Crippen molar-refractivity contribution in [1.82, 2.24) is 15.3 Å². The molecule has 3 rings (SSSR count). The number of morpholine rings is 1. The second kappa shape index (κ2) is 6.03. The highest BCUT2D eigenvalue weighted by atomic mass is 16.5. The summed E-state index contributed by atoms with van der Waals surface area (Å²) >= 11 is 0. The average molecular weight is 278 g/mol. The van der Waals surface area contributed by atoms with Gasteiger partial charge in [-0.3, -0.25) is 0 Å². The number of anilines is 1. The molecule has 1 aromatic heterocycles. The van der Waals surface area contributed by atoms with Crippen LogP contribution in [0.15, 0.2) is 18.5 Å². The Labute approximate surface area is 119 Å². The van der Waals surface area contributed by atoms with E-state index in [0.29, 0.717) is 6.61 Å². The molecule has 0 aliphatic carbocycles. The van der Waals surface area contributed by atoms with Crippen LogP contribution in [0.25, 0.3) is 0 Å². The molecule has 110 valence electrons. The summed E-state index contributed by atoms with van der Waals surface area (Å²) in [6.07, 6.45) is 5.71.